The SMILES string of the molecule is CC[C@@H](N)c1ccc(N2CCN(C)CC2)cc1. The van der Waals surface area contributed by atoms with Gasteiger partial charge in [-0.05, 0) is 31.2 Å². The average molecular weight is 233 g/mol. The predicted octanol–water partition coefficient (Wildman–Crippen LogP) is 1.85. The first kappa shape index (κ1) is 12.4. The van der Waals surface area contributed by atoms with Gasteiger partial charge in [0.15, 0.2) is 0 Å². The fourth-order valence-corrected chi connectivity index (χ4v) is 2.23. The lowest BCUT2D eigenvalue weighted by atomic mass is 10.0. The summed E-state index contributed by atoms with van der Waals surface area (Å²) >= 11 is 0. The highest BCUT2D eigenvalue weighted by atomic mass is 15.2. The molecular formula is C14H23N3. The molecule has 1 atom stereocenters. The van der Waals surface area contributed by atoms with Crippen LogP contribution in [0.5, 0.6) is 0 Å². The van der Waals surface area contributed by atoms with Gasteiger partial charge in [0.05, 0.1) is 0 Å². The van der Waals surface area contributed by atoms with Crippen molar-refractivity contribution in [1.82, 2.24) is 4.90 Å². The van der Waals surface area contributed by atoms with Crippen LogP contribution < -0.4 is 10.6 Å². The van der Waals surface area contributed by atoms with Crippen molar-refractivity contribution in [2.45, 2.75) is 19.4 Å². The molecule has 1 aromatic rings. The molecule has 3 nitrogen and oxygen atoms in total. The van der Waals surface area contributed by atoms with E-state index in [4.69, 9.17) is 5.73 Å². The average Bonchev–Trinajstić information content (AvgIpc) is 2.39. The Morgan fingerprint density at radius 2 is 1.71 bits per heavy atom. The highest BCUT2D eigenvalue weighted by molar-refractivity contribution is 5.48. The van der Waals surface area contributed by atoms with Crippen molar-refractivity contribution < 1.29 is 0 Å². The van der Waals surface area contributed by atoms with Crippen molar-refractivity contribution >= 4 is 5.69 Å². The minimum atomic E-state index is 0.177. The molecule has 1 heterocycles. The second-order valence-electron chi connectivity index (χ2n) is 4.90. The monoisotopic (exact) mass is 233 g/mol. The van der Waals surface area contributed by atoms with Crippen molar-refractivity contribution in [3.8, 4) is 0 Å². The van der Waals surface area contributed by atoms with Gasteiger partial charge in [0.2, 0.25) is 0 Å². The highest BCUT2D eigenvalue weighted by Crippen LogP contribution is 2.20. The van der Waals surface area contributed by atoms with Crippen LogP contribution in [0.3, 0.4) is 0 Å². The van der Waals surface area contributed by atoms with Crippen LogP contribution in [0, 0.1) is 0 Å². The number of rotatable bonds is 3. The number of likely N-dealkylation sites (N-methyl/N-ethyl adjacent to an activating group) is 1. The molecule has 0 aliphatic carbocycles. The normalized spacial score (nSPS) is 19.4. The lowest BCUT2D eigenvalue weighted by molar-refractivity contribution is 0.313. The first-order chi connectivity index (χ1) is 8.20. The number of piperazine rings is 1. The van der Waals surface area contributed by atoms with Gasteiger partial charge in [-0.25, -0.2) is 0 Å². The molecule has 1 saturated heterocycles. The lowest BCUT2D eigenvalue weighted by Crippen LogP contribution is -2.44. The maximum Gasteiger partial charge on any atom is 0.0367 e. The molecule has 0 radical (unpaired) electrons. The van der Waals surface area contributed by atoms with Crippen molar-refractivity contribution in [3.63, 3.8) is 0 Å². The zero-order chi connectivity index (χ0) is 12.3. The van der Waals surface area contributed by atoms with Crippen LogP contribution in [-0.2, 0) is 0 Å². The van der Waals surface area contributed by atoms with Gasteiger partial charge in [0, 0.05) is 37.9 Å². The molecule has 2 N–H and O–H groups in total. The van der Waals surface area contributed by atoms with Crippen molar-refractivity contribution in [2.75, 3.05) is 38.1 Å². The van der Waals surface area contributed by atoms with Gasteiger partial charge >= 0.3 is 0 Å². The molecule has 3 heteroatoms. The molecule has 0 saturated carbocycles. The first-order valence-electron chi connectivity index (χ1n) is 6.49. The molecule has 0 amide bonds. The van der Waals surface area contributed by atoms with Crippen LogP contribution in [0.4, 0.5) is 5.69 Å². The molecular weight excluding hydrogens is 210 g/mol. The fourth-order valence-electron chi connectivity index (χ4n) is 2.23. The Kier molecular flexibility index (Phi) is 4.02. The molecule has 0 bridgehead atoms. The number of nitrogens with two attached hydrogens (primary N) is 1. The molecule has 94 valence electrons. The molecule has 0 aromatic heterocycles. The molecule has 1 aliphatic heterocycles. The second-order valence-corrected chi connectivity index (χ2v) is 4.90. The third-order valence-corrected chi connectivity index (χ3v) is 3.63. The lowest BCUT2D eigenvalue weighted by Gasteiger charge is -2.34. The van der Waals surface area contributed by atoms with E-state index >= 15 is 0 Å². The van der Waals surface area contributed by atoms with Crippen LogP contribution in [0.1, 0.15) is 24.9 Å². The van der Waals surface area contributed by atoms with Crippen LogP contribution in [-0.4, -0.2) is 38.1 Å². The van der Waals surface area contributed by atoms with Crippen molar-refractivity contribution in [3.05, 3.63) is 29.8 Å². The van der Waals surface area contributed by atoms with E-state index in [9.17, 15) is 0 Å². The fraction of sp³-hybridized carbons (Fsp3) is 0.571. The Bertz CT molecular complexity index is 339. The molecule has 0 unspecified atom stereocenters. The van der Waals surface area contributed by atoms with Crippen molar-refractivity contribution in [2.24, 2.45) is 5.73 Å². The maximum absolute atomic E-state index is 6.02. The van der Waals surface area contributed by atoms with E-state index in [1.165, 1.54) is 11.3 Å². The predicted molar refractivity (Wildman–Crippen MR) is 73.4 cm³/mol. The summed E-state index contributed by atoms with van der Waals surface area (Å²) in [5.41, 5.74) is 8.59. The highest BCUT2D eigenvalue weighted by Gasteiger charge is 2.14. The standard InChI is InChI=1S/C14H23N3/c1-3-14(15)12-4-6-13(7-5-12)17-10-8-16(2)9-11-17/h4-7,14H,3,8-11,15H2,1-2H3/t14-/m1/s1. The van der Waals surface area contributed by atoms with Gasteiger partial charge in [-0.2, -0.15) is 0 Å². The van der Waals surface area contributed by atoms with E-state index in [1.54, 1.807) is 0 Å². The minimum Gasteiger partial charge on any atom is -0.369 e. The summed E-state index contributed by atoms with van der Waals surface area (Å²) in [5, 5.41) is 0. The smallest absolute Gasteiger partial charge is 0.0367 e. The van der Waals surface area contributed by atoms with Crippen LogP contribution in [0.2, 0.25) is 0 Å². The Labute approximate surface area is 104 Å². The van der Waals surface area contributed by atoms with E-state index in [0.717, 1.165) is 32.6 Å². The largest absolute Gasteiger partial charge is 0.369 e. The Balaban J connectivity index is 2.02. The van der Waals surface area contributed by atoms with Gasteiger partial charge in [0.1, 0.15) is 0 Å². The molecule has 1 aromatic carbocycles. The van der Waals surface area contributed by atoms with Gasteiger partial charge in [-0.3, -0.25) is 0 Å². The van der Waals surface area contributed by atoms with E-state index in [1.807, 2.05) is 0 Å². The van der Waals surface area contributed by atoms with E-state index in [2.05, 4.69) is 48.0 Å². The summed E-state index contributed by atoms with van der Waals surface area (Å²) in [7, 11) is 2.18. The quantitative estimate of drug-likeness (QED) is 0.865. The van der Waals surface area contributed by atoms with Crippen LogP contribution >= 0.6 is 0 Å². The summed E-state index contributed by atoms with van der Waals surface area (Å²) < 4.78 is 0. The summed E-state index contributed by atoms with van der Waals surface area (Å²) in [6.07, 6.45) is 0.994. The zero-order valence-corrected chi connectivity index (χ0v) is 10.9. The van der Waals surface area contributed by atoms with Gasteiger partial charge in [-0.15, -0.1) is 0 Å². The topological polar surface area (TPSA) is 32.5 Å². The molecule has 17 heavy (non-hydrogen) atoms. The molecule has 1 fully saturated rings. The molecule has 2 rings (SSSR count). The van der Waals surface area contributed by atoms with E-state index in [-0.39, 0.29) is 6.04 Å². The number of benzene rings is 1. The van der Waals surface area contributed by atoms with Gasteiger partial charge in [0.25, 0.3) is 0 Å². The number of hydrogen-bond acceptors (Lipinski definition) is 3. The second kappa shape index (κ2) is 5.52. The van der Waals surface area contributed by atoms with Crippen molar-refractivity contribution in [1.29, 1.82) is 0 Å². The number of hydrogen-bond donors (Lipinski definition) is 1. The summed E-state index contributed by atoms with van der Waals surface area (Å²) in [6, 6.07) is 8.92. The third-order valence-electron chi connectivity index (χ3n) is 3.63. The summed E-state index contributed by atoms with van der Waals surface area (Å²) in [4.78, 5) is 4.82. The molecule has 1 aliphatic rings. The number of anilines is 1. The Morgan fingerprint density at radius 1 is 1.12 bits per heavy atom. The van der Waals surface area contributed by atoms with E-state index in [0.29, 0.717) is 0 Å². The van der Waals surface area contributed by atoms with Crippen LogP contribution in [0.15, 0.2) is 24.3 Å². The van der Waals surface area contributed by atoms with Crippen LogP contribution in [0.25, 0.3) is 0 Å². The first-order valence-corrected chi connectivity index (χ1v) is 6.49. The molecule has 0 spiro atoms. The summed E-state index contributed by atoms with van der Waals surface area (Å²) in [5.74, 6) is 0. The van der Waals surface area contributed by atoms with Gasteiger partial charge in [-0.1, -0.05) is 19.1 Å². The summed E-state index contributed by atoms with van der Waals surface area (Å²) in [6.45, 7) is 6.66. The minimum absolute atomic E-state index is 0.177. The van der Waals surface area contributed by atoms with E-state index < -0.39 is 0 Å². The third kappa shape index (κ3) is 2.99. The maximum atomic E-state index is 6.02. The zero-order valence-electron chi connectivity index (χ0n) is 10.9. The Hall–Kier alpha value is -1.06. The Morgan fingerprint density at radius 3 is 2.24 bits per heavy atom. The van der Waals surface area contributed by atoms with Gasteiger partial charge < -0.3 is 15.5 Å². The number of nitrogens with zero attached hydrogens (tertiary/aromatic N) is 2.